The van der Waals surface area contributed by atoms with Crippen molar-refractivity contribution in [3.63, 3.8) is 0 Å². The van der Waals surface area contributed by atoms with Crippen molar-refractivity contribution in [2.45, 2.75) is 31.7 Å². The van der Waals surface area contributed by atoms with Gasteiger partial charge in [-0.1, -0.05) is 56.3 Å². The fraction of sp³-hybridized carbons (Fsp3) is 0.286. The van der Waals surface area contributed by atoms with Crippen LogP contribution in [0.3, 0.4) is 0 Å². The van der Waals surface area contributed by atoms with Gasteiger partial charge in [-0.2, -0.15) is 0 Å². The van der Waals surface area contributed by atoms with E-state index in [-0.39, 0.29) is 11.8 Å². The number of hydrogen-bond acceptors (Lipinski definition) is 3. The second kappa shape index (κ2) is 9.10. The third kappa shape index (κ3) is 4.11. The van der Waals surface area contributed by atoms with E-state index in [0.29, 0.717) is 11.5 Å². The summed E-state index contributed by atoms with van der Waals surface area (Å²) in [6.07, 6.45) is 0. The lowest BCUT2D eigenvalue weighted by molar-refractivity contribution is -0.121. The minimum Gasteiger partial charge on any atom is -0.497 e. The zero-order valence-electron chi connectivity index (χ0n) is 19.8. The molecule has 0 aromatic heterocycles. The summed E-state index contributed by atoms with van der Waals surface area (Å²) >= 11 is 0. The van der Waals surface area contributed by atoms with Crippen LogP contribution in [0.1, 0.15) is 58.8 Å². The quantitative estimate of drug-likeness (QED) is 0.532. The molecule has 3 aromatic rings. The molecule has 33 heavy (non-hydrogen) atoms. The molecule has 0 bridgehead atoms. The van der Waals surface area contributed by atoms with Crippen LogP contribution in [0.5, 0.6) is 5.75 Å². The lowest BCUT2D eigenvalue weighted by Crippen LogP contribution is -2.46. The molecule has 1 heterocycles. The third-order valence-electron chi connectivity index (χ3n) is 6.58. The van der Waals surface area contributed by atoms with Gasteiger partial charge < -0.3 is 14.5 Å². The molecule has 4 rings (SSSR count). The highest BCUT2D eigenvalue weighted by molar-refractivity contribution is 6.05. The minimum absolute atomic E-state index is 0.0556. The molecule has 2 atom stereocenters. The van der Waals surface area contributed by atoms with Crippen LogP contribution in [0.4, 0.5) is 5.69 Å². The van der Waals surface area contributed by atoms with Crippen molar-refractivity contribution in [2.75, 3.05) is 26.1 Å². The van der Waals surface area contributed by atoms with Crippen molar-refractivity contribution in [3.8, 4) is 5.75 Å². The normalized spacial score (nSPS) is 17.6. The maximum Gasteiger partial charge on any atom is 0.254 e. The fourth-order valence-corrected chi connectivity index (χ4v) is 4.58. The van der Waals surface area contributed by atoms with Crippen molar-refractivity contribution < 1.29 is 14.3 Å². The van der Waals surface area contributed by atoms with Gasteiger partial charge in [0.05, 0.1) is 19.1 Å². The highest BCUT2D eigenvalue weighted by atomic mass is 16.5. The molecule has 2 amide bonds. The summed E-state index contributed by atoms with van der Waals surface area (Å²) in [4.78, 5) is 30.6. The van der Waals surface area contributed by atoms with Crippen molar-refractivity contribution in [1.29, 1.82) is 0 Å². The van der Waals surface area contributed by atoms with E-state index in [1.165, 1.54) is 5.56 Å². The molecule has 0 spiro atoms. The van der Waals surface area contributed by atoms with Gasteiger partial charge in [0.15, 0.2) is 0 Å². The number of methoxy groups -OCH3 is 1. The Bertz CT molecular complexity index is 1150. The zero-order chi connectivity index (χ0) is 23.7. The summed E-state index contributed by atoms with van der Waals surface area (Å²) in [6.45, 7) is 4.30. The van der Waals surface area contributed by atoms with Gasteiger partial charge in [-0.25, -0.2) is 0 Å². The molecule has 3 aromatic carbocycles. The molecule has 1 aliphatic rings. The molecule has 0 N–H and O–H groups in total. The lowest BCUT2D eigenvalue weighted by atomic mass is 9.79. The van der Waals surface area contributed by atoms with E-state index in [1.54, 1.807) is 37.1 Å². The molecule has 1 aliphatic heterocycles. The predicted octanol–water partition coefficient (Wildman–Crippen LogP) is 5.39. The number of rotatable bonds is 5. The van der Waals surface area contributed by atoms with Gasteiger partial charge in [-0.05, 0) is 52.9 Å². The molecule has 0 saturated heterocycles. The van der Waals surface area contributed by atoms with E-state index in [2.05, 4.69) is 26.0 Å². The molecular formula is C28H30N2O3. The highest BCUT2D eigenvalue weighted by Crippen LogP contribution is 2.43. The van der Waals surface area contributed by atoms with E-state index >= 15 is 0 Å². The largest absolute Gasteiger partial charge is 0.497 e. The number of nitrogens with zero attached hydrogens (tertiary/aromatic N) is 2. The van der Waals surface area contributed by atoms with Crippen LogP contribution in [0, 0.1) is 0 Å². The number of carbonyl (C=O) groups excluding carboxylic acids is 2. The number of likely N-dealkylation sites (N-methyl/N-ethyl adjacent to an activating group) is 2. The number of benzene rings is 3. The summed E-state index contributed by atoms with van der Waals surface area (Å²) < 4.78 is 5.30. The first-order valence-electron chi connectivity index (χ1n) is 11.2. The van der Waals surface area contributed by atoms with Crippen LogP contribution in [-0.2, 0) is 4.79 Å². The Morgan fingerprint density at radius 3 is 2.21 bits per heavy atom. The molecular weight excluding hydrogens is 412 g/mol. The second-order valence-electron chi connectivity index (χ2n) is 8.84. The smallest absolute Gasteiger partial charge is 0.254 e. The standard InChI is InChI=1S/C28H30N2O3/c1-18(2)19-10-14-21(15-11-19)29(3)28(32)25-23-8-6-7-9-24(23)27(31)30(4)26(25)20-12-16-22(33-5)17-13-20/h6-18,25-26H,1-5H3/t25-,26+/m0/s1. The van der Waals surface area contributed by atoms with Crippen molar-refractivity contribution in [2.24, 2.45) is 0 Å². The van der Waals surface area contributed by atoms with Crippen LogP contribution in [0.15, 0.2) is 72.8 Å². The number of anilines is 1. The van der Waals surface area contributed by atoms with Gasteiger partial charge in [-0.3, -0.25) is 9.59 Å². The summed E-state index contributed by atoms with van der Waals surface area (Å²) in [5, 5.41) is 0. The first-order valence-corrected chi connectivity index (χ1v) is 11.2. The maximum atomic E-state index is 14.0. The fourth-order valence-electron chi connectivity index (χ4n) is 4.58. The first kappa shape index (κ1) is 22.6. The van der Waals surface area contributed by atoms with E-state index in [9.17, 15) is 9.59 Å². The molecule has 170 valence electrons. The first-order chi connectivity index (χ1) is 15.8. The van der Waals surface area contributed by atoms with Crippen LogP contribution < -0.4 is 9.64 Å². The van der Waals surface area contributed by atoms with Crippen molar-refractivity contribution in [3.05, 3.63) is 95.1 Å². The zero-order valence-corrected chi connectivity index (χ0v) is 19.8. The summed E-state index contributed by atoms with van der Waals surface area (Å²) in [5.41, 5.74) is 4.28. The van der Waals surface area contributed by atoms with Crippen molar-refractivity contribution >= 4 is 17.5 Å². The molecule has 0 saturated carbocycles. The summed E-state index contributed by atoms with van der Waals surface area (Å²) in [7, 11) is 5.19. The monoisotopic (exact) mass is 442 g/mol. The van der Waals surface area contributed by atoms with Gasteiger partial charge >= 0.3 is 0 Å². The number of fused-ring (bicyclic) bond motifs is 1. The van der Waals surface area contributed by atoms with E-state index in [1.807, 2.05) is 54.6 Å². The molecule has 0 unspecified atom stereocenters. The Labute approximate surface area is 195 Å². The Morgan fingerprint density at radius 1 is 0.970 bits per heavy atom. The summed E-state index contributed by atoms with van der Waals surface area (Å²) in [5.74, 6) is 0.477. The van der Waals surface area contributed by atoms with Crippen LogP contribution in [0.2, 0.25) is 0 Å². The van der Waals surface area contributed by atoms with Gasteiger partial charge in [-0.15, -0.1) is 0 Å². The predicted molar refractivity (Wildman–Crippen MR) is 131 cm³/mol. The van der Waals surface area contributed by atoms with Crippen LogP contribution >= 0.6 is 0 Å². The number of hydrogen-bond donors (Lipinski definition) is 0. The molecule has 5 heteroatoms. The second-order valence-corrected chi connectivity index (χ2v) is 8.84. The van der Waals surface area contributed by atoms with Crippen molar-refractivity contribution in [1.82, 2.24) is 4.90 Å². The molecule has 0 fully saturated rings. The van der Waals surface area contributed by atoms with Gasteiger partial charge in [0.1, 0.15) is 5.75 Å². The average Bonchev–Trinajstić information content (AvgIpc) is 2.85. The highest BCUT2D eigenvalue weighted by Gasteiger charge is 2.43. The maximum absolute atomic E-state index is 14.0. The minimum atomic E-state index is -0.535. The topological polar surface area (TPSA) is 49.9 Å². The molecule has 5 nitrogen and oxygen atoms in total. The number of ether oxygens (including phenoxy) is 1. The Hall–Kier alpha value is -3.60. The van der Waals surface area contributed by atoms with E-state index in [0.717, 1.165) is 22.6 Å². The average molecular weight is 443 g/mol. The molecule has 0 radical (unpaired) electrons. The van der Waals surface area contributed by atoms with Gasteiger partial charge in [0, 0.05) is 25.3 Å². The van der Waals surface area contributed by atoms with Gasteiger partial charge in [0.25, 0.3) is 5.91 Å². The Morgan fingerprint density at radius 2 is 1.61 bits per heavy atom. The Balaban J connectivity index is 1.78. The summed E-state index contributed by atoms with van der Waals surface area (Å²) in [6, 6.07) is 22.7. The van der Waals surface area contributed by atoms with E-state index < -0.39 is 12.0 Å². The number of amides is 2. The SMILES string of the molecule is COc1ccc([C@@H]2[C@@H](C(=O)N(C)c3ccc(C(C)C)cc3)c3ccccc3C(=O)N2C)cc1. The van der Waals surface area contributed by atoms with E-state index in [4.69, 9.17) is 4.74 Å². The molecule has 0 aliphatic carbocycles. The third-order valence-corrected chi connectivity index (χ3v) is 6.58. The lowest BCUT2D eigenvalue weighted by Gasteiger charge is -2.41. The number of carbonyl (C=O) groups is 2. The Kier molecular flexibility index (Phi) is 6.23. The van der Waals surface area contributed by atoms with Gasteiger partial charge in [0.2, 0.25) is 5.91 Å². The van der Waals surface area contributed by atoms with Crippen LogP contribution in [-0.4, -0.2) is 37.9 Å². The van der Waals surface area contributed by atoms with Crippen LogP contribution in [0.25, 0.3) is 0 Å².